The standard InChI is InChI=1S/C20H16N2O4/c1-2-26-16(23)11-22-15-10-6-4-8-13(15)18(20(22)25)17-12-7-3-5-9-14(12)21-19(17)24/h3-10,25H,2,11H2,1H3. The molecule has 0 aliphatic carbocycles. The fraction of sp³-hybridized carbons (Fsp3) is 0.150. The first-order chi connectivity index (χ1) is 12.6. The summed E-state index contributed by atoms with van der Waals surface area (Å²) in [7, 11) is 0. The highest BCUT2D eigenvalue weighted by atomic mass is 16.5. The monoisotopic (exact) mass is 348 g/mol. The van der Waals surface area contributed by atoms with Gasteiger partial charge in [0.15, 0.2) is 0 Å². The topological polar surface area (TPSA) is 80.9 Å². The summed E-state index contributed by atoms with van der Waals surface area (Å²) in [5.41, 5.74) is 1.39. The summed E-state index contributed by atoms with van der Waals surface area (Å²) in [6, 6.07) is 14.4. The largest absolute Gasteiger partial charge is 0.494 e. The maximum absolute atomic E-state index is 12.5. The molecule has 0 saturated carbocycles. The molecule has 1 aliphatic heterocycles. The van der Waals surface area contributed by atoms with Crippen molar-refractivity contribution < 1.29 is 19.4 Å². The first kappa shape index (κ1) is 16.1. The van der Waals surface area contributed by atoms with Gasteiger partial charge in [-0.2, -0.15) is 0 Å². The van der Waals surface area contributed by atoms with Gasteiger partial charge < -0.3 is 14.4 Å². The SMILES string of the molecule is CCOC(=O)Cn1c(O)c(C2=c3ccccc3=NC2=O)c2ccccc21. The number of aromatic nitrogens is 1. The van der Waals surface area contributed by atoms with Crippen LogP contribution in [-0.4, -0.2) is 28.2 Å². The second-order valence-electron chi connectivity index (χ2n) is 5.92. The van der Waals surface area contributed by atoms with Crippen molar-refractivity contribution in [2.45, 2.75) is 13.5 Å². The molecule has 6 nitrogen and oxygen atoms in total. The van der Waals surface area contributed by atoms with Crippen LogP contribution in [0.1, 0.15) is 12.5 Å². The minimum absolute atomic E-state index is 0.138. The van der Waals surface area contributed by atoms with Gasteiger partial charge in [-0.3, -0.25) is 9.59 Å². The van der Waals surface area contributed by atoms with Crippen molar-refractivity contribution in [1.82, 2.24) is 4.57 Å². The van der Waals surface area contributed by atoms with E-state index in [9.17, 15) is 14.7 Å². The molecule has 0 spiro atoms. The van der Waals surface area contributed by atoms with Crippen LogP contribution in [-0.2, 0) is 20.9 Å². The first-order valence-corrected chi connectivity index (χ1v) is 8.30. The van der Waals surface area contributed by atoms with Gasteiger partial charge >= 0.3 is 5.97 Å². The van der Waals surface area contributed by atoms with Crippen LogP contribution >= 0.6 is 0 Å². The number of carbonyl (C=O) groups is 2. The van der Waals surface area contributed by atoms with Crippen LogP contribution in [0.2, 0.25) is 0 Å². The average molecular weight is 348 g/mol. The van der Waals surface area contributed by atoms with E-state index in [1.807, 2.05) is 30.3 Å². The molecule has 0 atom stereocenters. The molecule has 0 unspecified atom stereocenters. The van der Waals surface area contributed by atoms with Gasteiger partial charge in [0.05, 0.1) is 28.6 Å². The van der Waals surface area contributed by atoms with Crippen LogP contribution < -0.4 is 10.6 Å². The molecule has 0 saturated heterocycles. The van der Waals surface area contributed by atoms with Crippen molar-refractivity contribution in [3.63, 3.8) is 0 Å². The Morgan fingerprint density at radius 3 is 2.69 bits per heavy atom. The molecule has 6 heteroatoms. The number of benzene rings is 2. The predicted octanol–water partition coefficient (Wildman–Crippen LogP) is 1.27. The molecular weight excluding hydrogens is 332 g/mol. The Bertz CT molecular complexity index is 1170. The number of aromatic hydroxyl groups is 1. The molecule has 0 radical (unpaired) electrons. The Morgan fingerprint density at radius 2 is 1.88 bits per heavy atom. The van der Waals surface area contributed by atoms with Crippen LogP contribution in [0.25, 0.3) is 16.5 Å². The van der Waals surface area contributed by atoms with E-state index < -0.39 is 11.9 Å². The van der Waals surface area contributed by atoms with E-state index in [0.29, 0.717) is 32.6 Å². The normalized spacial score (nSPS) is 13.0. The Hall–Kier alpha value is -3.41. The molecule has 1 aromatic heterocycles. The molecule has 0 fully saturated rings. The van der Waals surface area contributed by atoms with E-state index >= 15 is 0 Å². The lowest BCUT2D eigenvalue weighted by atomic mass is 10.0. The molecule has 130 valence electrons. The third-order valence-electron chi connectivity index (χ3n) is 4.40. The molecule has 2 heterocycles. The molecule has 4 rings (SSSR count). The van der Waals surface area contributed by atoms with E-state index in [2.05, 4.69) is 4.99 Å². The van der Waals surface area contributed by atoms with Gasteiger partial charge in [0.1, 0.15) is 6.54 Å². The molecule has 2 aromatic carbocycles. The van der Waals surface area contributed by atoms with Gasteiger partial charge in [0.2, 0.25) is 5.88 Å². The lowest BCUT2D eigenvalue weighted by Crippen LogP contribution is -2.22. The summed E-state index contributed by atoms with van der Waals surface area (Å²) in [6.07, 6.45) is 0. The summed E-state index contributed by atoms with van der Waals surface area (Å²) in [6.45, 7) is 1.84. The smallest absolute Gasteiger partial charge is 0.326 e. The second kappa shape index (κ2) is 6.15. The number of nitrogens with zero attached hydrogens (tertiary/aromatic N) is 2. The van der Waals surface area contributed by atoms with E-state index in [4.69, 9.17) is 4.74 Å². The van der Waals surface area contributed by atoms with E-state index in [1.165, 1.54) is 4.57 Å². The number of amides is 1. The third-order valence-corrected chi connectivity index (χ3v) is 4.40. The number of rotatable bonds is 4. The van der Waals surface area contributed by atoms with Crippen LogP contribution in [0.15, 0.2) is 53.5 Å². The zero-order valence-electron chi connectivity index (χ0n) is 14.1. The number of fused-ring (bicyclic) bond motifs is 2. The summed E-state index contributed by atoms with van der Waals surface area (Å²) >= 11 is 0. The van der Waals surface area contributed by atoms with Crippen LogP contribution in [0.5, 0.6) is 5.88 Å². The Labute approximate surface area is 148 Å². The molecule has 1 aliphatic rings. The molecular formula is C20H16N2O4. The van der Waals surface area contributed by atoms with Gasteiger partial charge in [-0.05, 0) is 19.1 Å². The molecule has 3 aromatic rings. The van der Waals surface area contributed by atoms with Gasteiger partial charge in [-0.25, -0.2) is 4.99 Å². The Kier molecular flexibility index (Phi) is 3.80. The van der Waals surface area contributed by atoms with Crippen LogP contribution in [0.4, 0.5) is 0 Å². The van der Waals surface area contributed by atoms with Crippen LogP contribution in [0, 0.1) is 0 Å². The lowest BCUT2D eigenvalue weighted by molar-refractivity contribution is -0.143. The van der Waals surface area contributed by atoms with Crippen molar-refractivity contribution in [3.8, 4) is 5.88 Å². The number of hydrogen-bond acceptors (Lipinski definition) is 4. The quantitative estimate of drug-likeness (QED) is 0.720. The minimum atomic E-state index is -0.456. The maximum Gasteiger partial charge on any atom is 0.326 e. The Balaban J connectivity index is 2.01. The van der Waals surface area contributed by atoms with Gasteiger partial charge in [0, 0.05) is 10.6 Å². The van der Waals surface area contributed by atoms with E-state index in [1.54, 1.807) is 25.1 Å². The first-order valence-electron chi connectivity index (χ1n) is 8.30. The number of esters is 1. The highest BCUT2D eigenvalue weighted by molar-refractivity contribution is 6.25. The number of ether oxygens (including phenoxy) is 1. The summed E-state index contributed by atoms with van der Waals surface area (Å²) in [4.78, 5) is 28.6. The summed E-state index contributed by atoms with van der Waals surface area (Å²) in [5.74, 6) is -1.00. The van der Waals surface area contributed by atoms with Crippen molar-refractivity contribution >= 4 is 28.4 Å². The summed E-state index contributed by atoms with van der Waals surface area (Å²) < 4.78 is 6.46. The zero-order chi connectivity index (χ0) is 18.3. The molecule has 26 heavy (non-hydrogen) atoms. The number of para-hydroxylation sites is 2. The van der Waals surface area contributed by atoms with Crippen molar-refractivity contribution in [3.05, 3.63) is 64.7 Å². The zero-order valence-corrected chi connectivity index (χ0v) is 14.1. The highest BCUT2D eigenvalue weighted by Crippen LogP contribution is 2.36. The fourth-order valence-corrected chi connectivity index (χ4v) is 3.34. The van der Waals surface area contributed by atoms with Gasteiger partial charge in [-0.15, -0.1) is 0 Å². The lowest BCUT2D eigenvalue weighted by Gasteiger charge is -2.07. The molecule has 1 N–H and O–H groups in total. The van der Waals surface area contributed by atoms with E-state index in [0.717, 1.165) is 0 Å². The van der Waals surface area contributed by atoms with Crippen LogP contribution in [0.3, 0.4) is 0 Å². The minimum Gasteiger partial charge on any atom is -0.494 e. The van der Waals surface area contributed by atoms with Crippen molar-refractivity contribution in [2.24, 2.45) is 4.99 Å². The maximum atomic E-state index is 12.5. The highest BCUT2D eigenvalue weighted by Gasteiger charge is 2.27. The predicted molar refractivity (Wildman–Crippen MR) is 95.0 cm³/mol. The molecule has 1 amide bonds. The summed E-state index contributed by atoms with van der Waals surface area (Å²) in [5, 5.41) is 12.8. The fourth-order valence-electron chi connectivity index (χ4n) is 3.34. The number of hydrogen-bond donors (Lipinski definition) is 1. The van der Waals surface area contributed by atoms with Gasteiger partial charge in [-0.1, -0.05) is 36.4 Å². The Morgan fingerprint density at radius 1 is 1.15 bits per heavy atom. The number of carbonyl (C=O) groups excluding carboxylic acids is 2. The van der Waals surface area contributed by atoms with Gasteiger partial charge in [0.25, 0.3) is 5.91 Å². The van der Waals surface area contributed by atoms with E-state index in [-0.39, 0.29) is 19.0 Å². The average Bonchev–Trinajstić information content (AvgIpc) is 3.09. The molecule has 0 bridgehead atoms. The second-order valence-corrected chi connectivity index (χ2v) is 5.92. The van der Waals surface area contributed by atoms with Crippen molar-refractivity contribution in [2.75, 3.05) is 6.61 Å². The third kappa shape index (κ3) is 2.38. The van der Waals surface area contributed by atoms with Crippen molar-refractivity contribution in [1.29, 1.82) is 0 Å².